The Morgan fingerprint density at radius 1 is 1.26 bits per heavy atom. The molecular weight excluding hydrogens is 338 g/mol. The van der Waals surface area contributed by atoms with Gasteiger partial charge in [0.2, 0.25) is 0 Å². The van der Waals surface area contributed by atoms with E-state index in [1.54, 1.807) is 0 Å². The second-order valence-corrected chi connectivity index (χ2v) is 7.16. The molecule has 1 N–H and O–H groups in total. The molecule has 0 radical (unpaired) electrons. The Bertz CT molecular complexity index is 485. The van der Waals surface area contributed by atoms with Crippen LogP contribution in [0.15, 0.2) is 51.1 Å². The molecule has 1 aromatic carbocycles. The molecule has 1 aromatic heterocycles. The van der Waals surface area contributed by atoms with E-state index in [4.69, 9.17) is 0 Å². The number of thiophene rings is 1. The molecule has 1 atom stereocenters. The highest BCUT2D eigenvalue weighted by Gasteiger charge is 2.12. The summed E-state index contributed by atoms with van der Waals surface area (Å²) in [6.07, 6.45) is 1.17. The summed E-state index contributed by atoms with van der Waals surface area (Å²) >= 11 is 7.34. The SMILES string of the molecule is CCCNC(CSc1ccccc1Br)c1cccs1. The molecule has 0 aliphatic carbocycles. The second-order valence-electron chi connectivity index (χ2n) is 4.26. The van der Waals surface area contributed by atoms with Crippen LogP contribution in [0.5, 0.6) is 0 Å². The average molecular weight is 356 g/mol. The van der Waals surface area contributed by atoms with Crippen molar-refractivity contribution in [3.63, 3.8) is 0 Å². The van der Waals surface area contributed by atoms with Crippen molar-refractivity contribution in [3.05, 3.63) is 51.1 Å². The predicted octanol–water partition coefficient (Wildman–Crippen LogP) is 5.34. The van der Waals surface area contributed by atoms with Gasteiger partial charge in [-0.15, -0.1) is 23.1 Å². The van der Waals surface area contributed by atoms with Crippen molar-refractivity contribution >= 4 is 39.0 Å². The van der Waals surface area contributed by atoms with Crippen molar-refractivity contribution in [2.45, 2.75) is 24.3 Å². The molecular formula is C15H18BrNS2. The molecule has 0 amide bonds. The van der Waals surface area contributed by atoms with Gasteiger partial charge in [0.05, 0.1) is 6.04 Å². The molecule has 0 bridgehead atoms. The maximum absolute atomic E-state index is 3.64. The lowest BCUT2D eigenvalue weighted by molar-refractivity contribution is 0.585. The summed E-state index contributed by atoms with van der Waals surface area (Å²) in [4.78, 5) is 2.73. The molecule has 1 heterocycles. The Labute approximate surface area is 131 Å². The molecule has 1 unspecified atom stereocenters. The van der Waals surface area contributed by atoms with Gasteiger partial charge in [0, 0.05) is 20.0 Å². The quantitative estimate of drug-likeness (QED) is 0.672. The molecule has 0 saturated carbocycles. The second kappa shape index (κ2) is 8.10. The molecule has 2 rings (SSSR count). The van der Waals surface area contributed by atoms with Gasteiger partial charge in [-0.25, -0.2) is 0 Å². The third-order valence-electron chi connectivity index (χ3n) is 2.77. The lowest BCUT2D eigenvalue weighted by atomic mass is 10.2. The fraction of sp³-hybridized carbons (Fsp3) is 0.333. The number of hydrogen-bond donors (Lipinski definition) is 1. The first-order chi connectivity index (χ1) is 9.31. The first kappa shape index (κ1) is 15.1. The monoisotopic (exact) mass is 355 g/mol. The van der Waals surface area contributed by atoms with Crippen molar-refractivity contribution in [1.29, 1.82) is 0 Å². The van der Waals surface area contributed by atoms with Crippen LogP contribution in [0, 0.1) is 0 Å². The fourth-order valence-electron chi connectivity index (χ4n) is 1.78. The molecule has 0 saturated heterocycles. The van der Waals surface area contributed by atoms with Crippen LogP contribution in [0.2, 0.25) is 0 Å². The summed E-state index contributed by atoms with van der Waals surface area (Å²) in [6.45, 7) is 3.28. The summed E-state index contributed by atoms with van der Waals surface area (Å²) < 4.78 is 1.18. The van der Waals surface area contributed by atoms with Gasteiger partial charge in [0.15, 0.2) is 0 Å². The standard InChI is InChI=1S/C15H18BrNS2/c1-2-9-17-13(15-8-5-10-18-15)11-19-14-7-4-3-6-12(14)16/h3-8,10,13,17H,2,9,11H2,1H3. The Kier molecular flexibility index (Phi) is 6.44. The minimum atomic E-state index is 0.442. The fourth-order valence-corrected chi connectivity index (χ4v) is 4.35. The molecule has 0 fully saturated rings. The van der Waals surface area contributed by atoms with Gasteiger partial charge < -0.3 is 5.32 Å². The van der Waals surface area contributed by atoms with E-state index in [9.17, 15) is 0 Å². The van der Waals surface area contributed by atoms with Gasteiger partial charge in [0.1, 0.15) is 0 Å². The average Bonchev–Trinajstić information content (AvgIpc) is 2.94. The van der Waals surface area contributed by atoms with Gasteiger partial charge in [-0.3, -0.25) is 0 Å². The maximum Gasteiger partial charge on any atom is 0.0510 e. The third-order valence-corrected chi connectivity index (χ3v) is 5.88. The van der Waals surface area contributed by atoms with E-state index in [1.165, 1.54) is 20.7 Å². The molecule has 0 aliphatic heterocycles. The number of benzene rings is 1. The van der Waals surface area contributed by atoms with Crippen molar-refractivity contribution in [1.82, 2.24) is 5.32 Å². The molecule has 1 nitrogen and oxygen atoms in total. The minimum Gasteiger partial charge on any atom is -0.309 e. The van der Waals surface area contributed by atoms with E-state index in [0.717, 1.165) is 12.3 Å². The van der Waals surface area contributed by atoms with Crippen LogP contribution in [-0.2, 0) is 0 Å². The topological polar surface area (TPSA) is 12.0 Å². The number of nitrogens with one attached hydrogen (secondary N) is 1. The van der Waals surface area contributed by atoms with Crippen molar-refractivity contribution in [2.75, 3.05) is 12.3 Å². The summed E-state index contributed by atoms with van der Waals surface area (Å²) in [6, 6.07) is 13.2. The first-order valence-electron chi connectivity index (χ1n) is 6.45. The van der Waals surface area contributed by atoms with E-state index in [1.807, 2.05) is 23.1 Å². The zero-order valence-corrected chi connectivity index (χ0v) is 14.2. The van der Waals surface area contributed by atoms with Crippen molar-refractivity contribution in [3.8, 4) is 0 Å². The third kappa shape index (κ3) is 4.63. The smallest absolute Gasteiger partial charge is 0.0510 e. The highest BCUT2D eigenvalue weighted by molar-refractivity contribution is 9.10. The van der Waals surface area contributed by atoms with Gasteiger partial charge in [0.25, 0.3) is 0 Å². The number of halogens is 1. The lowest BCUT2D eigenvalue weighted by Crippen LogP contribution is -2.23. The Balaban J connectivity index is 1.99. The van der Waals surface area contributed by atoms with E-state index in [0.29, 0.717) is 6.04 Å². The van der Waals surface area contributed by atoms with Gasteiger partial charge in [-0.2, -0.15) is 0 Å². The lowest BCUT2D eigenvalue weighted by Gasteiger charge is -2.17. The van der Waals surface area contributed by atoms with Gasteiger partial charge in [-0.1, -0.05) is 25.1 Å². The summed E-state index contributed by atoms with van der Waals surface area (Å²) in [5.74, 6) is 1.06. The molecule has 4 heteroatoms. The summed E-state index contributed by atoms with van der Waals surface area (Å²) in [5.41, 5.74) is 0. The summed E-state index contributed by atoms with van der Waals surface area (Å²) in [7, 11) is 0. The number of hydrogen-bond acceptors (Lipinski definition) is 3. The molecule has 19 heavy (non-hydrogen) atoms. The van der Waals surface area contributed by atoms with Crippen LogP contribution >= 0.6 is 39.0 Å². The van der Waals surface area contributed by atoms with Crippen LogP contribution in [0.25, 0.3) is 0 Å². The Morgan fingerprint density at radius 3 is 2.79 bits per heavy atom. The van der Waals surface area contributed by atoms with E-state index >= 15 is 0 Å². The van der Waals surface area contributed by atoms with Crippen LogP contribution in [-0.4, -0.2) is 12.3 Å². The van der Waals surface area contributed by atoms with E-state index in [2.05, 4.69) is 69.9 Å². The van der Waals surface area contributed by atoms with Crippen molar-refractivity contribution in [2.24, 2.45) is 0 Å². The highest BCUT2D eigenvalue weighted by Crippen LogP contribution is 2.31. The number of rotatable bonds is 7. The van der Waals surface area contributed by atoms with Crippen LogP contribution in [0.4, 0.5) is 0 Å². The largest absolute Gasteiger partial charge is 0.309 e. The molecule has 2 aromatic rings. The van der Waals surface area contributed by atoms with Gasteiger partial charge >= 0.3 is 0 Å². The van der Waals surface area contributed by atoms with Crippen LogP contribution < -0.4 is 5.32 Å². The Morgan fingerprint density at radius 2 is 2.11 bits per heavy atom. The van der Waals surface area contributed by atoms with Crippen LogP contribution in [0.1, 0.15) is 24.3 Å². The van der Waals surface area contributed by atoms with Gasteiger partial charge in [-0.05, 0) is 52.5 Å². The Hall–Kier alpha value is -0.290. The van der Waals surface area contributed by atoms with Crippen LogP contribution in [0.3, 0.4) is 0 Å². The van der Waals surface area contributed by atoms with E-state index < -0.39 is 0 Å². The highest BCUT2D eigenvalue weighted by atomic mass is 79.9. The zero-order chi connectivity index (χ0) is 13.5. The molecule has 0 aliphatic rings. The first-order valence-corrected chi connectivity index (χ1v) is 9.11. The maximum atomic E-state index is 3.64. The van der Waals surface area contributed by atoms with E-state index in [-0.39, 0.29) is 0 Å². The normalized spacial score (nSPS) is 12.5. The summed E-state index contributed by atoms with van der Waals surface area (Å²) in [5, 5.41) is 5.79. The minimum absolute atomic E-state index is 0.442. The molecule has 0 spiro atoms. The zero-order valence-electron chi connectivity index (χ0n) is 10.9. The predicted molar refractivity (Wildman–Crippen MR) is 90.2 cm³/mol. The van der Waals surface area contributed by atoms with Crippen molar-refractivity contribution < 1.29 is 0 Å². The molecule has 102 valence electrons. The number of thioether (sulfide) groups is 1.